The highest BCUT2D eigenvalue weighted by molar-refractivity contribution is 6.08. The van der Waals surface area contributed by atoms with Crippen molar-refractivity contribution in [1.29, 1.82) is 0 Å². The Labute approximate surface area is 184 Å². The predicted octanol–water partition coefficient (Wildman–Crippen LogP) is 4.54. The maximum Gasteiger partial charge on any atom is 0.253 e. The standard InChI is InChI=1S/C25H23N3O4/c1-31-23-12-18-16-6-3-5-9-21(16)32-22(18)13-20(23)28-24(29)14-26-19-8-4-2-7-17(19)25(30)27-15-10-11-15/h2-9,12-13,15,26H,10-11,14H2,1H3,(H,27,30)(H,28,29). The third-order valence-electron chi connectivity index (χ3n) is 5.50. The molecular weight excluding hydrogens is 406 g/mol. The average molecular weight is 429 g/mol. The van der Waals surface area contributed by atoms with Gasteiger partial charge in [0.15, 0.2) is 0 Å². The molecule has 0 aliphatic heterocycles. The van der Waals surface area contributed by atoms with Crippen LogP contribution in [0.5, 0.6) is 5.75 Å². The van der Waals surface area contributed by atoms with E-state index in [1.807, 2.05) is 36.4 Å². The summed E-state index contributed by atoms with van der Waals surface area (Å²) in [5.74, 6) is 0.144. The zero-order chi connectivity index (χ0) is 22.1. The van der Waals surface area contributed by atoms with Crippen LogP contribution in [0.1, 0.15) is 23.2 Å². The van der Waals surface area contributed by atoms with Crippen molar-refractivity contribution in [2.45, 2.75) is 18.9 Å². The van der Waals surface area contributed by atoms with E-state index in [9.17, 15) is 9.59 Å². The normalized spacial score (nSPS) is 13.2. The lowest BCUT2D eigenvalue weighted by molar-refractivity contribution is -0.114. The lowest BCUT2D eigenvalue weighted by Crippen LogP contribution is -2.27. The topological polar surface area (TPSA) is 92.6 Å². The molecule has 3 aromatic carbocycles. The maximum absolute atomic E-state index is 12.7. The second-order valence-corrected chi connectivity index (χ2v) is 7.84. The minimum Gasteiger partial charge on any atom is -0.495 e. The van der Waals surface area contributed by atoms with E-state index in [-0.39, 0.29) is 24.4 Å². The number of fused-ring (bicyclic) bond motifs is 3. The first-order valence-corrected chi connectivity index (χ1v) is 10.6. The highest BCUT2D eigenvalue weighted by Gasteiger charge is 2.24. The molecule has 4 aromatic rings. The number of amides is 2. The van der Waals surface area contributed by atoms with Crippen molar-refractivity contribution in [1.82, 2.24) is 5.32 Å². The fourth-order valence-electron chi connectivity index (χ4n) is 3.71. The second-order valence-electron chi connectivity index (χ2n) is 7.84. The summed E-state index contributed by atoms with van der Waals surface area (Å²) in [6, 6.07) is 18.8. The van der Waals surface area contributed by atoms with E-state index < -0.39 is 0 Å². The lowest BCUT2D eigenvalue weighted by atomic mass is 10.1. The number of para-hydroxylation sites is 2. The van der Waals surface area contributed by atoms with Gasteiger partial charge in [0.1, 0.15) is 16.9 Å². The molecule has 0 unspecified atom stereocenters. The van der Waals surface area contributed by atoms with Crippen LogP contribution in [-0.2, 0) is 4.79 Å². The molecule has 0 radical (unpaired) electrons. The Morgan fingerprint density at radius 3 is 2.56 bits per heavy atom. The molecule has 1 heterocycles. The predicted molar refractivity (Wildman–Crippen MR) is 124 cm³/mol. The summed E-state index contributed by atoms with van der Waals surface area (Å²) in [4.78, 5) is 25.1. The van der Waals surface area contributed by atoms with Crippen molar-refractivity contribution in [2.24, 2.45) is 0 Å². The lowest BCUT2D eigenvalue weighted by Gasteiger charge is -2.13. The highest BCUT2D eigenvalue weighted by atomic mass is 16.5. The maximum atomic E-state index is 12.7. The molecule has 0 bridgehead atoms. The number of anilines is 2. The summed E-state index contributed by atoms with van der Waals surface area (Å²) < 4.78 is 11.4. The van der Waals surface area contributed by atoms with Crippen LogP contribution in [0.25, 0.3) is 21.9 Å². The molecule has 0 spiro atoms. The first-order valence-electron chi connectivity index (χ1n) is 10.6. The number of benzene rings is 3. The number of nitrogens with one attached hydrogen (secondary N) is 3. The number of carbonyl (C=O) groups excluding carboxylic acids is 2. The van der Waals surface area contributed by atoms with Crippen molar-refractivity contribution < 1.29 is 18.7 Å². The molecule has 5 rings (SSSR count). The SMILES string of the molecule is COc1cc2c(cc1NC(=O)CNc1ccccc1C(=O)NC1CC1)oc1ccccc12. The van der Waals surface area contributed by atoms with Gasteiger partial charge in [-0.15, -0.1) is 0 Å². The zero-order valence-electron chi connectivity index (χ0n) is 17.6. The number of rotatable bonds is 7. The van der Waals surface area contributed by atoms with E-state index in [1.165, 1.54) is 0 Å². The van der Waals surface area contributed by atoms with Gasteiger partial charge in [0.05, 0.1) is 24.9 Å². The van der Waals surface area contributed by atoms with E-state index in [0.717, 1.165) is 29.2 Å². The summed E-state index contributed by atoms with van der Waals surface area (Å²) in [5.41, 5.74) is 3.09. The number of hydrogen-bond donors (Lipinski definition) is 3. The van der Waals surface area contributed by atoms with E-state index in [2.05, 4.69) is 16.0 Å². The largest absolute Gasteiger partial charge is 0.495 e. The number of hydrogen-bond acceptors (Lipinski definition) is 5. The molecule has 1 saturated carbocycles. The fourth-order valence-corrected chi connectivity index (χ4v) is 3.71. The fraction of sp³-hybridized carbons (Fsp3) is 0.200. The van der Waals surface area contributed by atoms with Gasteiger partial charge in [-0.2, -0.15) is 0 Å². The van der Waals surface area contributed by atoms with Crippen molar-refractivity contribution >= 4 is 45.1 Å². The third-order valence-corrected chi connectivity index (χ3v) is 5.50. The minimum absolute atomic E-state index is 0.00492. The van der Waals surface area contributed by atoms with Gasteiger partial charge >= 0.3 is 0 Å². The van der Waals surface area contributed by atoms with E-state index >= 15 is 0 Å². The van der Waals surface area contributed by atoms with Crippen LogP contribution in [-0.4, -0.2) is 31.5 Å². The summed E-state index contributed by atoms with van der Waals surface area (Å²) in [5, 5.41) is 10.8. The molecule has 7 nitrogen and oxygen atoms in total. The van der Waals surface area contributed by atoms with Gasteiger partial charge < -0.3 is 25.1 Å². The molecule has 1 aliphatic carbocycles. The van der Waals surface area contributed by atoms with Crippen molar-refractivity contribution in [3.05, 3.63) is 66.2 Å². The van der Waals surface area contributed by atoms with Crippen LogP contribution in [0.4, 0.5) is 11.4 Å². The first kappa shape index (κ1) is 19.9. The van der Waals surface area contributed by atoms with Gasteiger partial charge in [0.2, 0.25) is 5.91 Å². The second kappa shape index (κ2) is 8.26. The average Bonchev–Trinajstić information content (AvgIpc) is 3.55. The zero-order valence-corrected chi connectivity index (χ0v) is 17.6. The summed E-state index contributed by atoms with van der Waals surface area (Å²) in [7, 11) is 1.56. The molecule has 32 heavy (non-hydrogen) atoms. The number of ether oxygens (including phenoxy) is 1. The van der Waals surface area contributed by atoms with E-state index in [4.69, 9.17) is 9.15 Å². The van der Waals surface area contributed by atoms with Crippen LogP contribution in [0.3, 0.4) is 0 Å². The Bertz CT molecular complexity index is 1320. The van der Waals surface area contributed by atoms with Crippen molar-refractivity contribution in [2.75, 3.05) is 24.3 Å². The monoisotopic (exact) mass is 429 g/mol. The number of carbonyl (C=O) groups is 2. The van der Waals surface area contributed by atoms with Gasteiger partial charge in [-0.1, -0.05) is 30.3 Å². The summed E-state index contributed by atoms with van der Waals surface area (Å²) >= 11 is 0. The molecule has 7 heteroatoms. The van der Waals surface area contributed by atoms with Gasteiger partial charge in [-0.25, -0.2) is 0 Å². The smallest absolute Gasteiger partial charge is 0.253 e. The summed E-state index contributed by atoms with van der Waals surface area (Å²) in [6.07, 6.45) is 2.03. The molecule has 3 N–H and O–H groups in total. The highest BCUT2D eigenvalue weighted by Crippen LogP contribution is 2.36. The van der Waals surface area contributed by atoms with E-state index in [1.54, 1.807) is 31.4 Å². The van der Waals surface area contributed by atoms with Crippen LogP contribution < -0.4 is 20.7 Å². The molecule has 1 aromatic heterocycles. The molecule has 0 saturated heterocycles. The molecular formula is C25H23N3O4. The van der Waals surface area contributed by atoms with Gasteiger partial charge in [-0.3, -0.25) is 9.59 Å². The Morgan fingerprint density at radius 1 is 0.969 bits per heavy atom. The molecule has 0 atom stereocenters. The Morgan fingerprint density at radius 2 is 1.75 bits per heavy atom. The molecule has 2 amide bonds. The number of methoxy groups -OCH3 is 1. The molecule has 162 valence electrons. The van der Waals surface area contributed by atoms with Crippen molar-refractivity contribution in [3.63, 3.8) is 0 Å². The Hall–Kier alpha value is -4.00. The number of furan rings is 1. The van der Waals surface area contributed by atoms with E-state index in [0.29, 0.717) is 28.3 Å². The Balaban J connectivity index is 1.32. The van der Waals surface area contributed by atoms with Gasteiger partial charge in [-0.05, 0) is 37.1 Å². The van der Waals surface area contributed by atoms with Crippen LogP contribution in [0.2, 0.25) is 0 Å². The first-order chi connectivity index (χ1) is 15.6. The molecule has 1 aliphatic rings. The minimum atomic E-state index is -0.267. The van der Waals surface area contributed by atoms with Gasteiger partial charge in [0, 0.05) is 28.6 Å². The van der Waals surface area contributed by atoms with Crippen molar-refractivity contribution in [3.8, 4) is 5.75 Å². The molecule has 1 fully saturated rings. The quantitative estimate of drug-likeness (QED) is 0.401. The third kappa shape index (κ3) is 3.97. The van der Waals surface area contributed by atoms with Gasteiger partial charge in [0.25, 0.3) is 5.91 Å². The van der Waals surface area contributed by atoms with Crippen LogP contribution in [0.15, 0.2) is 65.1 Å². The summed E-state index contributed by atoms with van der Waals surface area (Å²) in [6.45, 7) is -0.00492. The Kier molecular flexibility index (Phi) is 5.15. The van der Waals surface area contributed by atoms with Crippen LogP contribution in [0, 0.1) is 0 Å². The van der Waals surface area contributed by atoms with Crippen LogP contribution >= 0.6 is 0 Å².